The number of hydrogen-bond acceptors (Lipinski definition) is 5. The smallest absolute Gasteiger partial charge is 0.213 e. The summed E-state index contributed by atoms with van der Waals surface area (Å²) in [6.45, 7) is 0.416. The molecule has 5 nitrogen and oxygen atoms in total. The molecule has 0 aliphatic heterocycles. The topological polar surface area (TPSA) is 87.6 Å². The Bertz CT molecular complexity index is 936. The molecule has 2 aromatic heterocycles. The van der Waals surface area contributed by atoms with Gasteiger partial charge in [-0.15, -0.1) is 0 Å². The molecule has 0 radical (unpaired) electrons. The molecule has 3 rings (SSSR count). The van der Waals surface area contributed by atoms with E-state index in [1.807, 2.05) is 18.2 Å². The molecular weight excluding hydrogens is 361 g/mol. The van der Waals surface area contributed by atoms with E-state index in [9.17, 15) is 9.65 Å². The maximum absolute atomic E-state index is 13.5. The highest BCUT2D eigenvalue weighted by atomic mass is 79.9. The number of nitrogens with zero attached hydrogens (tertiary/aromatic N) is 3. The van der Waals surface area contributed by atoms with Crippen molar-refractivity contribution in [1.29, 1.82) is 5.26 Å². The van der Waals surface area contributed by atoms with Gasteiger partial charge < -0.3 is 11.1 Å². The van der Waals surface area contributed by atoms with E-state index < -0.39 is 5.95 Å². The lowest BCUT2D eigenvalue weighted by molar-refractivity contribution is 0.586. The number of benzene rings is 1. The summed E-state index contributed by atoms with van der Waals surface area (Å²) in [4.78, 5) is 7.71. The fourth-order valence-electron chi connectivity index (χ4n) is 2.22. The van der Waals surface area contributed by atoms with E-state index in [0.29, 0.717) is 28.7 Å². The van der Waals surface area contributed by atoms with Gasteiger partial charge in [0.05, 0.1) is 23.0 Å². The van der Waals surface area contributed by atoms with Gasteiger partial charge in [-0.05, 0) is 17.7 Å². The lowest BCUT2D eigenvalue weighted by Crippen LogP contribution is -2.00. The van der Waals surface area contributed by atoms with Crippen LogP contribution >= 0.6 is 15.9 Å². The van der Waals surface area contributed by atoms with Crippen molar-refractivity contribution in [3.63, 3.8) is 0 Å². The van der Waals surface area contributed by atoms with Gasteiger partial charge in [-0.2, -0.15) is 9.65 Å². The van der Waals surface area contributed by atoms with E-state index in [-0.39, 0.29) is 0 Å². The molecule has 0 bridgehead atoms. The number of fused-ring (bicyclic) bond motifs is 1. The number of aromatic nitrogens is 2. The molecule has 0 atom stereocenters. The first kappa shape index (κ1) is 15.3. The van der Waals surface area contributed by atoms with Gasteiger partial charge in [0, 0.05) is 34.4 Å². The molecule has 114 valence electrons. The molecule has 0 aliphatic rings. The van der Waals surface area contributed by atoms with Crippen molar-refractivity contribution < 1.29 is 4.39 Å². The van der Waals surface area contributed by atoms with Crippen molar-refractivity contribution in [2.24, 2.45) is 5.73 Å². The van der Waals surface area contributed by atoms with Gasteiger partial charge in [0.25, 0.3) is 0 Å². The minimum Gasteiger partial charge on any atom is -0.354 e. The summed E-state index contributed by atoms with van der Waals surface area (Å²) in [5, 5.41) is 13.0. The monoisotopic (exact) mass is 371 g/mol. The van der Waals surface area contributed by atoms with Crippen LogP contribution in [0.25, 0.3) is 10.9 Å². The van der Waals surface area contributed by atoms with Crippen LogP contribution in [0.4, 0.5) is 15.8 Å². The third-order valence-corrected chi connectivity index (χ3v) is 4.12. The highest BCUT2D eigenvalue weighted by molar-refractivity contribution is 9.10. The Morgan fingerprint density at radius 2 is 2.09 bits per heavy atom. The van der Waals surface area contributed by atoms with E-state index in [0.717, 1.165) is 15.7 Å². The normalized spacial score (nSPS) is 10.5. The molecule has 0 saturated heterocycles. The molecule has 3 aromatic rings. The number of nitrogens with two attached hydrogens (primary N) is 1. The Kier molecular flexibility index (Phi) is 4.19. The fraction of sp³-hybridized carbons (Fsp3) is 0.0625. The number of nitriles is 1. The summed E-state index contributed by atoms with van der Waals surface area (Å²) in [7, 11) is 0. The number of anilines is 2. The standard InChI is InChI=1S/C16H11BrFN5/c17-13-3-11(2-1-9(13)5-19)23-16-10(6-20)7-21-14-8-22-15(18)4-12(14)16/h1-4,7-8H,5,19H2,(H,21,23). The quantitative estimate of drug-likeness (QED) is 0.686. The Morgan fingerprint density at radius 3 is 2.78 bits per heavy atom. The van der Waals surface area contributed by atoms with E-state index >= 15 is 0 Å². The molecule has 7 heteroatoms. The second kappa shape index (κ2) is 6.28. The Labute approximate surface area is 140 Å². The molecule has 0 unspecified atom stereocenters. The highest BCUT2D eigenvalue weighted by Gasteiger charge is 2.11. The average Bonchev–Trinajstić information content (AvgIpc) is 2.55. The van der Waals surface area contributed by atoms with Gasteiger partial charge in [-0.3, -0.25) is 4.98 Å². The van der Waals surface area contributed by atoms with Crippen molar-refractivity contribution in [3.05, 3.63) is 58.2 Å². The fourth-order valence-corrected chi connectivity index (χ4v) is 2.76. The molecular formula is C16H11BrFN5. The van der Waals surface area contributed by atoms with Crippen LogP contribution in [-0.4, -0.2) is 9.97 Å². The third-order valence-electron chi connectivity index (χ3n) is 3.38. The van der Waals surface area contributed by atoms with Gasteiger partial charge in [0.15, 0.2) is 0 Å². The molecule has 23 heavy (non-hydrogen) atoms. The summed E-state index contributed by atoms with van der Waals surface area (Å²) in [5.41, 5.74) is 8.67. The van der Waals surface area contributed by atoms with Crippen LogP contribution in [0.5, 0.6) is 0 Å². The lowest BCUT2D eigenvalue weighted by Gasteiger charge is -2.12. The van der Waals surface area contributed by atoms with Crippen LogP contribution in [0.1, 0.15) is 11.1 Å². The number of pyridine rings is 2. The minimum atomic E-state index is -0.628. The number of hydrogen-bond donors (Lipinski definition) is 2. The molecule has 0 saturated carbocycles. The van der Waals surface area contributed by atoms with Crippen molar-refractivity contribution >= 4 is 38.2 Å². The van der Waals surface area contributed by atoms with Gasteiger partial charge in [-0.25, -0.2) is 4.98 Å². The van der Waals surface area contributed by atoms with Crippen molar-refractivity contribution in [2.75, 3.05) is 5.32 Å². The van der Waals surface area contributed by atoms with Crippen molar-refractivity contribution in [3.8, 4) is 6.07 Å². The maximum Gasteiger partial charge on any atom is 0.213 e. The van der Waals surface area contributed by atoms with E-state index in [4.69, 9.17) is 5.73 Å². The minimum absolute atomic E-state index is 0.321. The number of halogens is 2. The predicted octanol–water partition coefficient (Wildman–Crippen LogP) is 3.61. The highest BCUT2D eigenvalue weighted by Crippen LogP contribution is 2.30. The molecule has 1 aromatic carbocycles. The van der Waals surface area contributed by atoms with Crippen LogP contribution in [0.15, 0.2) is 41.1 Å². The third kappa shape index (κ3) is 2.99. The summed E-state index contributed by atoms with van der Waals surface area (Å²) in [6.07, 6.45) is 2.78. The van der Waals surface area contributed by atoms with Gasteiger partial charge >= 0.3 is 0 Å². The second-order valence-corrected chi connectivity index (χ2v) is 5.67. The summed E-state index contributed by atoms with van der Waals surface area (Å²) >= 11 is 3.45. The zero-order valence-electron chi connectivity index (χ0n) is 11.8. The molecule has 3 N–H and O–H groups in total. The van der Waals surface area contributed by atoms with Crippen molar-refractivity contribution in [2.45, 2.75) is 6.54 Å². The van der Waals surface area contributed by atoms with Gasteiger partial charge in [-0.1, -0.05) is 22.0 Å². The second-order valence-electron chi connectivity index (χ2n) is 4.82. The molecule has 0 aliphatic carbocycles. The molecule has 0 spiro atoms. The van der Waals surface area contributed by atoms with E-state index in [2.05, 4.69) is 37.3 Å². The molecule has 0 amide bonds. The zero-order chi connectivity index (χ0) is 16.4. The Morgan fingerprint density at radius 1 is 1.26 bits per heavy atom. The first-order chi connectivity index (χ1) is 11.1. The average molecular weight is 372 g/mol. The number of rotatable bonds is 3. The summed E-state index contributed by atoms with van der Waals surface area (Å²) < 4.78 is 14.3. The van der Waals surface area contributed by atoms with Crippen LogP contribution < -0.4 is 11.1 Å². The predicted molar refractivity (Wildman–Crippen MR) is 89.5 cm³/mol. The van der Waals surface area contributed by atoms with Gasteiger partial charge in [0.2, 0.25) is 5.95 Å². The van der Waals surface area contributed by atoms with Crippen LogP contribution in [0, 0.1) is 17.3 Å². The Balaban J connectivity index is 2.13. The molecule has 2 heterocycles. The van der Waals surface area contributed by atoms with Crippen molar-refractivity contribution in [1.82, 2.24) is 9.97 Å². The molecule has 0 fully saturated rings. The van der Waals surface area contributed by atoms with Gasteiger partial charge in [0.1, 0.15) is 6.07 Å². The summed E-state index contributed by atoms with van der Waals surface area (Å²) in [6, 6.07) is 8.90. The zero-order valence-corrected chi connectivity index (χ0v) is 13.4. The van der Waals surface area contributed by atoms with Crippen LogP contribution in [-0.2, 0) is 6.54 Å². The maximum atomic E-state index is 13.5. The SMILES string of the molecule is N#Cc1cnc2cnc(F)cc2c1Nc1ccc(CN)c(Br)c1. The largest absolute Gasteiger partial charge is 0.354 e. The lowest BCUT2D eigenvalue weighted by atomic mass is 10.1. The van der Waals surface area contributed by atoms with Crippen LogP contribution in [0.3, 0.4) is 0 Å². The first-order valence-corrected chi connectivity index (χ1v) is 7.51. The van der Waals surface area contributed by atoms with Crippen LogP contribution in [0.2, 0.25) is 0 Å². The van der Waals surface area contributed by atoms with E-state index in [1.54, 1.807) is 0 Å². The number of nitrogens with one attached hydrogen (secondary N) is 1. The first-order valence-electron chi connectivity index (χ1n) is 6.72. The summed E-state index contributed by atoms with van der Waals surface area (Å²) in [5.74, 6) is -0.628. The Hall–Kier alpha value is -2.56. The van der Waals surface area contributed by atoms with E-state index in [1.165, 1.54) is 18.5 Å².